The molecule has 1 aromatic heterocycles. The van der Waals surface area contributed by atoms with E-state index in [0.29, 0.717) is 0 Å². The molecule has 0 amide bonds. The first kappa shape index (κ1) is 22.5. The van der Waals surface area contributed by atoms with Crippen LogP contribution in [0.3, 0.4) is 0 Å². The largest absolute Gasteiger partial charge is 0.256 e. The highest BCUT2D eigenvalue weighted by Crippen LogP contribution is 2.62. The van der Waals surface area contributed by atoms with Crippen LogP contribution in [0.25, 0.3) is 21.9 Å². The van der Waals surface area contributed by atoms with Crippen molar-refractivity contribution in [3.8, 4) is 0 Å². The fourth-order valence-electron chi connectivity index (χ4n) is 7.04. The zero-order valence-electron chi connectivity index (χ0n) is 22.5. The zero-order valence-corrected chi connectivity index (χ0v) is 22.5. The SMILES string of the molecule is CC1(C)C2=C(CC=CC(c3nccc4cc5c(cc34)C(C)(C)C(C)(C)C5(C)C)=C2)c2ccccc21. The minimum absolute atomic E-state index is 0.00886. The lowest BCUT2D eigenvalue weighted by atomic mass is 9.59. The summed E-state index contributed by atoms with van der Waals surface area (Å²) in [5.41, 5.74) is 11.3. The van der Waals surface area contributed by atoms with Crippen LogP contribution in [0.2, 0.25) is 0 Å². The van der Waals surface area contributed by atoms with Crippen molar-refractivity contribution in [2.75, 3.05) is 0 Å². The molecule has 2 aromatic carbocycles. The third-order valence-corrected chi connectivity index (χ3v) is 10.5. The van der Waals surface area contributed by atoms with E-state index < -0.39 is 0 Å². The van der Waals surface area contributed by atoms with Crippen LogP contribution in [0.15, 0.2) is 72.5 Å². The van der Waals surface area contributed by atoms with Crippen LogP contribution in [0.1, 0.15) is 89.8 Å². The Hall–Kier alpha value is -2.93. The average molecular weight is 460 g/mol. The lowest BCUT2D eigenvalue weighted by Crippen LogP contribution is -2.42. The first-order valence-corrected chi connectivity index (χ1v) is 13.0. The van der Waals surface area contributed by atoms with Crippen molar-refractivity contribution in [3.05, 3.63) is 100 Å². The van der Waals surface area contributed by atoms with E-state index in [0.717, 1.165) is 12.1 Å². The number of rotatable bonds is 1. The quantitative estimate of drug-likeness (QED) is 0.354. The summed E-state index contributed by atoms with van der Waals surface area (Å²) < 4.78 is 0. The molecule has 0 N–H and O–H groups in total. The number of hydrogen-bond donors (Lipinski definition) is 0. The molecule has 0 saturated carbocycles. The number of fused-ring (bicyclic) bond motifs is 4. The molecular formula is C34H37N. The normalized spacial score (nSPS) is 22.5. The molecule has 1 heterocycles. The topological polar surface area (TPSA) is 12.9 Å². The van der Waals surface area contributed by atoms with Crippen LogP contribution in [0.5, 0.6) is 0 Å². The van der Waals surface area contributed by atoms with Gasteiger partial charge in [-0.1, -0.05) is 97.9 Å². The van der Waals surface area contributed by atoms with Gasteiger partial charge in [0.25, 0.3) is 0 Å². The molecule has 1 heteroatoms. The van der Waals surface area contributed by atoms with Crippen molar-refractivity contribution < 1.29 is 0 Å². The van der Waals surface area contributed by atoms with E-state index in [9.17, 15) is 0 Å². The fraction of sp³-hybridized carbons (Fsp3) is 0.382. The van der Waals surface area contributed by atoms with Crippen LogP contribution >= 0.6 is 0 Å². The number of allylic oxidation sites excluding steroid dienone is 6. The molecule has 1 nitrogen and oxygen atoms in total. The minimum Gasteiger partial charge on any atom is -0.256 e. The summed E-state index contributed by atoms with van der Waals surface area (Å²) in [6.07, 6.45) is 10.0. The molecule has 0 aliphatic heterocycles. The molecule has 3 aliphatic rings. The molecule has 0 bridgehead atoms. The highest BCUT2D eigenvalue weighted by molar-refractivity contribution is 5.98. The summed E-state index contributed by atoms with van der Waals surface area (Å²) in [4.78, 5) is 4.99. The van der Waals surface area contributed by atoms with Gasteiger partial charge in [-0.15, -0.1) is 0 Å². The number of aromatic nitrogens is 1. The maximum Gasteiger partial charge on any atom is 0.0780 e. The van der Waals surface area contributed by atoms with Gasteiger partial charge < -0.3 is 0 Å². The van der Waals surface area contributed by atoms with Gasteiger partial charge in [0.2, 0.25) is 0 Å². The van der Waals surface area contributed by atoms with Gasteiger partial charge in [-0.25, -0.2) is 0 Å². The molecular weight excluding hydrogens is 422 g/mol. The predicted octanol–water partition coefficient (Wildman–Crippen LogP) is 8.92. The predicted molar refractivity (Wildman–Crippen MR) is 150 cm³/mol. The van der Waals surface area contributed by atoms with Crippen molar-refractivity contribution in [1.29, 1.82) is 0 Å². The van der Waals surface area contributed by atoms with E-state index in [2.05, 4.69) is 116 Å². The molecule has 6 rings (SSSR count). The van der Waals surface area contributed by atoms with Crippen molar-refractivity contribution in [3.63, 3.8) is 0 Å². The third kappa shape index (κ3) is 2.73. The molecule has 3 aliphatic carbocycles. The van der Waals surface area contributed by atoms with Gasteiger partial charge in [-0.2, -0.15) is 0 Å². The molecule has 3 aromatic rings. The summed E-state index contributed by atoms with van der Waals surface area (Å²) in [7, 11) is 0. The van der Waals surface area contributed by atoms with E-state index in [-0.39, 0.29) is 21.7 Å². The summed E-state index contributed by atoms with van der Waals surface area (Å²) in [5, 5.41) is 2.55. The molecule has 0 saturated heterocycles. The van der Waals surface area contributed by atoms with Gasteiger partial charge in [0.1, 0.15) is 0 Å². The molecule has 0 atom stereocenters. The Balaban J connectivity index is 1.58. The summed E-state index contributed by atoms with van der Waals surface area (Å²) in [6.45, 7) is 19.3. The van der Waals surface area contributed by atoms with Crippen LogP contribution < -0.4 is 0 Å². The lowest BCUT2D eigenvalue weighted by Gasteiger charge is -2.44. The van der Waals surface area contributed by atoms with Crippen LogP contribution in [-0.2, 0) is 16.2 Å². The van der Waals surface area contributed by atoms with E-state index in [4.69, 9.17) is 4.98 Å². The van der Waals surface area contributed by atoms with Crippen LogP contribution in [0.4, 0.5) is 0 Å². The Labute approximate surface area is 210 Å². The second-order valence-corrected chi connectivity index (χ2v) is 12.9. The van der Waals surface area contributed by atoms with Crippen molar-refractivity contribution in [1.82, 2.24) is 4.98 Å². The van der Waals surface area contributed by atoms with Crippen molar-refractivity contribution in [2.45, 2.75) is 78.1 Å². The third-order valence-electron chi connectivity index (χ3n) is 10.5. The molecule has 0 spiro atoms. The monoisotopic (exact) mass is 459 g/mol. The van der Waals surface area contributed by atoms with Gasteiger partial charge in [0, 0.05) is 22.6 Å². The highest BCUT2D eigenvalue weighted by atomic mass is 14.7. The molecule has 0 radical (unpaired) electrons. The maximum absolute atomic E-state index is 4.99. The Kier molecular flexibility index (Phi) is 4.41. The standard InChI is InChI=1S/C34H37N/c1-31(2)26-15-10-9-13-23(26)24-14-11-12-22(19-27(24)31)30-25-20-29-28(18-21(25)16-17-35-30)32(3,4)34(7,8)33(29,5)6/h9-13,15-20H,14H2,1-8H3. The van der Waals surface area contributed by atoms with Gasteiger partial charge >= 0.3 is 0 Å². The van der Waals surface area contributed by atoms with Gasteiger partial charge in [-0.3, -0.25) is 4.98 Å². The molecule has 0 unspecified atom stereocenters. The second kappa shape index (κ2) is 6.84. The summed E-state index contributed by atoms with van der Waals surface area (Å²) in [5.74, 6) is 0. The van der Waals surface area contributed by atoms with Gasteiger partial charge in [0.15, 0.2) is 0 Å². The zero-order chi connectivity index (χ0) is 25.0. The van der Waals surface area contributed by atoms with E-state index >= 15 is 0 Å². The van der Waals surface area contributed by atoms with Crippen LogP contribution in [0, 0.1) is 5.41 Å². The Bertz CT molecular complexity index is 1500. The molecule has 0 fully saturated rings. The van der Waals surface area contributed by atoms with Gasteiger partial charge in [0.05, 0.1) is 5.69 Å². The van der Waals surface area contributed by atoms with Crippen molar-refractivity contribution in [2.24, 2.45) is 5.41 Å². The maximum atomic E-state index is 4.99. The smallest absolute Gasteiger partial charge is 0.0780 e. The highest BCUT2D eigenvalue weighted by Gasteiger charge is 2.56. The van der Waals surface area contributed by atoms with E-state index in [1.165, 1.54) is 49.7 Å². The van der Waals surface area contributed by atoms with E-state index in [1.807, 2.05) is 6.20 Å². The van der Waals surface area contributed by atoms with E-state index in [1.54, 1.807) is 0 Å². The Morgan fingerprint density at radius 2 is 1.46 bits per heavy atom. The number of pyridine rings is 1. The summed E-state index contributed by atoms with van der Waals surface area (Å²) in [6, 6.07) is 16.0. The van der Waals surface area contributed by atoms with Crippen molar-refractivity contribution >= 4 is 21.9 Å². The fourth-order valence-corrected chi connectivity index (χ4v) is 7.04. The Morgan fingerprint density at radius 1 is 0.771 bits per heavy atom. The number of hydrogen-bond acceptors (Lipinski definition) is 1. The molecule has 178 valence electrons. The number of nitrogens with zero attached hydrogens (tertiary/aromatic N) is 1. The lowest BCUT2D eigenvalue weighted by molar-refractivity contribution is 0.125. The minimum atomic E-state index is -0.00886. The average Bonchev–Trinajstić information content (AvgIpc) is 2.99. The number of benzene rings is 2. The van der Waals surface area contributed by atoms with Crippen LogP contribution in [-0.4, -0.2) is 4.98 Å². The second-order valence-electron chi connectivity index (χ2n) is 12.9. The summed E-state index contributed by atoms with van der Waals surface area (Å²) >= 11 is 0. The first-order chi connectivity index (χ1) is 16.4. The van der Waals surface area contributed by atoms with Gasteiger partial charge in [-0.05, 0) is 79.7 Å². The molecule has 35 heavy (non-hydrogen) atoms. The first-order valence-electron chi connectivity index (χ1n) is 13.0. The Morgan fingerprint density at radius 3 is 2.20 bits per heavy atom.